The molecule has 0 aliphatic carbocycles. The van der Waals surface area contributed by atoms with Gasteiger partial charge in [0.2, 0.25) is 6.10 Å². The number of rotatable bonds is 8. The SMILES string of the molecule is CCc1c(C(=O)NCC(Oc2ccc(F)cc2)C(=O)O)[nH]c(C)c1C(C)=O. The maximum Gasteiger partial charge on any atom is 0.346 e. The van der Waals surface area contributed by atoms with Crippen molar-refractivity contribution in [1.29, 1.82) is 0 Å². The van der Waals surface area contributed by atoms with Gasteiger partial charge in [0, 0.05) is 11.3 Å². The molecule has 0 aliphatic rings. The van der Waals surface area contributed by atoms with Gasteiger partial charge >= 0.3 is 5.97 Å². The summed E-state index contributed by atoms with van der Waals surface area (Å²) >= 11 is 0. The van der Waals surface area contributed by atoms with Gasteiger partial charge in [-0.05, 0) is 50.1 Å². The number of aryl methyl sites for hydroxylation is 1. The van der Waals surface area contributed by atoms with Crippen LogP contribution < -0.4 is 10.1 Å². The van der Waals surface area contributed by atoms with Gasteiger partial charge in [-0.1, -0.05) is 6.92 Å². The number of aromatic nitrogens is 1. The van der Waals surface area contributed by atoms with E-state index >= 15 is 0 Å². The average molecular weight is 376 g/mol. The molecule has 0 radical (unpaired) electrons. The highest BCUT2D eigenvalue weighted by molar-refractivity contribution is 6.02. The summed E-state index contributed by atoms with van der Waals surface area (Å²) in [6.07, 6.45) is -0.885. The number of benzene rings is 1. The van der Waals surface area contributed by atoms with E-state index in [-0.39, 0.29) is 23.8 Å². The zero-order valence-corrected chi connectivity index (χ0v) is 15.3. The van der Waals surface area contributed by atoms with Crippen LogP contribution in [0.2, 0.25) is 0 Å². The van der Waals surface area contributed by atoms with Crippen molar-refractivity contribution < 1.29 is 28.6 Å². The fraction of sp³-hybridized carbons (Fsp3) is 0.316. The van der Waals surface area contributed by atoms with E-state index in [1.54, 1.807) is 6.92 Å². The molecule has 0 aliphatic heterocycles. The van der Waals surface area contributed by atoms with Gasteiger partial charge in [0.1, 0.15) is 17.3 Å². The topological polar surface area (TPSA) is 108 Å². The van der Waals surface area contributed by atoms with E-state index in [1.807, 2.05) is 6.92 Å². The molecule has 2 rings (SSSR count). The van der Waals surface area contributed by atoms with E-state index in [9.17, 15) is 23.9 Å². The lowest BCUT2D eigenvalue weighted by atomic mass is 10.0. The molecule has 0 bridgehead atoms. The lowest BCUT2D eigenvalue weighted by Gasteiger charge is -2.16. The van der Waals surface area contributed by atoms with E-state index in [0.717, 1.165) is 12.1 Å². The normalized spacial score (nSPS) is 11.7. The Morgan fingerprint density at radius 3 is 2.41 bits per heavy atom. The molecule has 144 valence electrons. The smallest absolute Gasteiger partial charge is 0.346 e. The first kappa shape index (κ1) is 20.2. The number of aromatic amines is 1. The standard InChI is InChI=1S/C19H21FN2O5/c1-4-14-16(11(3)23)10(2)22-17(14)18(24)21-9-15(19(25)26)27-13-7-5-12(20)6-8-13/h5-8,15,22H,4,9H2,1-3H3,(H,21,24)(H,25,26). The molecule has 1 amide bonds. The second-order valence-electron chi connectivity index (χ2n) is 6.00. The van der Waals surface area contributed by atoms with Crippen LogP contribution in [-0.4, -0.2) is 40.4 Å². The summed E-state index contributed by atoms with van der Waals surface area (Å²) in [4.78, 5) is 38.6. The Kier molecular flexibility index (Phi) is 6.33. The number of hydrogen-bond donors (Lipinski definition) is 3. The highest BCUT2D eigenvalue weighted by atomic mass is 19.1. The number of carbonyl (C=O) groups excluding carboxylic acids is 2. The van der Waals surface area contributed by atoms with E-state index in [4.69, 9.17) is 4.74 Å². The minimum absolute atomic E-state index is 0.150. The monoisotopic (exact) mass is 376 g/mol. The van der Waals surface area contributed by atoms with E-state index in [1.165, 1.54) is 19.1 Å². The number of aliphatic carboxylic acids is 1. The Hall–Kier alpha value is -3.16. The van der Waals surface area contributed by atoms with Crippen LogP contribution >= 0.6 is 0 Å². The van der Waals surface area contributed by atoms with Crippen LogP contribution in [0, 0.1) is 12.7 Å². The van der Waals surface area contributed by atoms with Gasteiger partial charge in [0.25, 0.3) is 5.91 Å². The Bertz CT molecular complexity index is 858. The lowest BCUT2D eigenvalue weighted by molar-refractivity contribution is -0.144. The first-order valence-electron chi connectivity index (χ1n) is 8.40. The van der Waals surface area contributed by atoms with Crippen LogP contribution in [0.4, 0.5) is 4.39 Å². The van der Waals surface area contributed by atoms with Crippen LogP contribution in [0.1, 0.15) is 46.0 Å². The van der Waals surface area contributed by atoms with Crippen LogP contribution in [-0.2, 0) is 11.2 Å². The Morgan fingerprint density at radius 1 is 1.26 bits per heavy atom. The van der Waals surface area contributed by atoms with Gasteiger partial charge in [0.05, 0.1) is 6.54 Å². The van der Waals surface area contributed by atoms with E-state index in [2.05, 4.69) is 10.3 Å². The number of ether oxygens (including phenoxy) is 1. The molecule has 8 heteroatoms. The maximum atomic E-state index is 12.9. The fourth-order valence-electron chi connectivity index (χ4n) is 2.83. The molecule has 2 aromatic rings. The van der Waals surface area contributed by atoms with Crippen molar-refractivity contribution in [1.82, 2.24) is 10.3 Å². The number of ketones is 1. The summed E-state index contributed by atoms with van der Waals surface area (Å²) in [5.41, 5.74) is 1.87. The summed E-state index contributed by atoms with van der Waals surface area (Å²) in [6, 6.07) is 4.89. The highest BCUT2D eigenvalue weighted by Crippen LogP contribution is 2.20. The van der Waals surface area contributed by atoms with Crippen LogP contribution in [0.5, 0.6) is 5.75 Å². The number of Topliss-reactive ketones (excluding diaryl/α,β-unsaturated/α-hetero) is 1. The van der Waals surface area contributed by atoms with Crippen molar-refractivity contribution in [3.05, 3.63) is 52.6 Å². The molecule has 1 heterocycles. The van der Waals surface area contributed by atoms with Gasteiger partial charge in [-0.25, -0.2) is 9.18 Å². The predicted molar refractivity (Wildman–Crippen MR) is 95.7 cm³/mol. The Labute approximate surface area is 155 Å². The molecule has 1 aromatic carbocycles. The summed E-state index contributed by atoms with van der Waals surface area (Å²) in [7, 11) is 0. The number of carbonyl (C=O) groups is 3. The van der Waals surface area contributed by atoms with Gasteiger partial charge in [-0.3, -0.25) is 9.59 Å². The molecule has 0 saturated carbocycles. The lowest BCUT2D eigenvalue weighted by Crippen LogP contribution is -2.40. The third-order valence-electron chi connectivity index (χ3n) is 4.04. The van der Waals surface area contributed by atoms with Gasteiger partial charge < -0.3 is 20.1 Å². The molecule has 1 atom stereocenters. The molecule has 3 N–H and O–H groups in total. The second-order valence-corrected chi connectivity index (χ2v) is 6.00. The minimum Gasteiger partial charge on any atom is -0.478 e. The molecular formula is C19H21FN2O5. The van der Waals surface area contributed by atoms with Crippen molar-refractivity contribution >= 4 is 17.7 Å². The summed E-state index contributed by atoms with van der Waals surface area (Å²) < 4.78 is 18.2. The Balaban J connectivity index is 2.12. The van der Waals surface area contributed by atoms with Crippen molar-refractivity contribution in [3.8, 4) is 5.75 Å². The number of hydrogen-bond acceptors (Lipinski definition) is 4. The number of halogens is 1. The van der Waals surface area contributed by atoms with Crippen molar-refractivity contribution in [2.45, 2.75) is 33.3 Å². The second kappa shape index (κ2) is 8.48. The van der Waals surface area contributed by atoms with Gasteiger partial charge in [-0.15, -0.1) is 0 Å². The minimum atomic E-state index is -1.35. The number of H-pyrrole nitrogens is 1. The third kappa shape index (κ3) is 4.72. The molecule has 0 fully saturated rings. The first-order chi connectivity index (χ1) is 12.7. The van der Waals surface area contributed by atoms with Crippen molar-refractivity contribution in [2.75, 3.05) is 6.54 Å². The molecule has 27 heavy (non-hydrogen) atoms. The quantitative estimate of drug-likeness (QED) is 0.614. The van der Waals surface area contributed by atoms with Crippen LogP contribution in [0.15, 0.2) is 24.3 Å². The Morgan fingerprint density at radius 2 is 1.89 bits per heavy atom. The first-order valence-corrected chi connectivity index (χ1v) is 8.40. The molecule has 0 spiro atoms. The average Bonchev–Trinajstić information content (AvgIpc) is 2.96. The number of nitrogens with one attached hydrogen (secondary N) is 2. The largest absolute Gasteiger partial charge is 0.478 e. The summed E-state index contributed by atoms with van der Waals surface area (Å²) in [5.74, 6) is -2.26. The fourth-order valence-corrected chi connectivity index (χ4v) is 2.83. The van der Waals surface area contributed by atoms with Crippen LogP contribution in [0.25, 0.3) is 0 Å². The van der Waals surface area contributed by atoms with E-state index < -0.39 is 23.8 Å². The molecule has 0 saturated heterocycles. The number of carboxylic acid groups (broad SMARTS) is 1. The van der Waals surface area contributed by atoms with Crippen molar-refractivity contribution in [2.24, 2.45) is 0 Å². The molecule has 7 nitrogen and oxygen atoms in total. The number of amides is 1. The third-order valence-corrected chi connectivity index (χ3v) is 4.04. The van der Waals surface area contributed by atoms with E-state index in [0.29, 0.717) is 23.2 Å². The van der Waals surface area contributed by atoms with Gasteiger partial charge in [0.15, 0.2) is 5.78 Å². The summed E-state index contributed by atoms with van der Waals surface area (Å²) in [5, 5.41) is 11.8. The van der Waals surface area contributed by atoms with Crippen molar-refractivity contribution in [3.63, 3.8) is 0 Å². The highest BCUT2D eigenvalue weighted by Gasteiger charge is 2.24. The number of carboxylic acids is 1. The zero-order chi connectivity index (χ0) is 20.1. The van der Waals surface area contributed by atoms with Gasteiger partial charge in [-0.2, -0.15) is 0 Å². The summed E-state index contributed by atoms with van der Waals surface area (Å²) in [6.45, 7) is 4.64. The predicted octanol–water partition coefficient (Wildman–Crippen LogP) is 2.49. The maximum absolute atomic E-state index is 12.9. The zero-order valence-electron chi connectivity index (χ0n) is 15.3. The molecule has 1 aromatic heterocycles. The van der Waals surface area contributed by atoms with Crippen LogP contribution in [0.3, 0.4) is 0 Å². The molecular weight excluding hydrogens is 355 g/mol. The molecule has 1 unspecified atom stereocenters.